The smallest absolute Gasteiger partial charge is 0.279 e. The number of pyridine rings is 1. The molecule has 0 aliphatic heterocycles. The molecule has 1 amide bonds. The van der Waals surface area contributed by atoms with Crippen molar-refractivity contribution >= 4 is 17.4 Å². The van der Waals surface area contributed by atoms with Gasteiger partial charge in [0.1, 0.15) is 5.82 Å². The number of hydrogen-bond acceptors (Lipinski definition) is 3. The number of nitrogens with one attached hydrogen (secondary N) is 1. The molecule has 0 atom stereocenters. The molecule has 4 nitrogen and oxygen atoms in total. The highest BCUT2D eigenvalue weighted by Gasteiger charge is 2.49. The van der Waals surface area contributed by atoms with E-state index in [9.17, 15) is 13.6 Å². The van der Waals surface area contributed by atoms with Crippen molar-refractivity contribution in [3.8, 4) is 0 Å². The predicted octanol–water partition coefficient (Wildman–Crippen LogP) is 2.12. The Labute approximate surface area is 97.2 Å². The number of hydrogen-bond donors (Lipinski definition) is 2. The Hall–Kier alpha value is -1.72. The van der Waals surface area contributed by atoms with Gasteiger partial charge >= 0.3 is 0 Å². The SMILES string of the molecule is CC(=O)Nc1cc(N)c(C(F)(F)C2CC2)cn1. The summed E-state index contributed by atoms with van der Waals surface area (Å²) in [5.74, 6) is -3.69. The van der Waals surface area contributed by atoms with E-state index in [-0.39, 0.29) is 23.0 Å². The molecule has 0 aromatic carbocycles. The summed E-state index contributed by atoms with van der Waals surface area (Å²) in [7, 11) is 0. The number of nitrogens with zero attached hydrogens (tertiary/aromatic N) is 1. The van der Waals surface area contributed by atoms with Crippen LogP contribution < -0.4 is 11.1 Å². The maximum Gasteiger partial charge on any atom is 0.279 e. The summed E-state index contributed by atoms with van der Waals surface area (Å²) in [5, 5.41) is 2.39. The zero-order chi connectivity index (χ0) is 12.6. The van der Waals surface area contributed by atoms with Gasteiger partial charge in [-0.3, -0.25) is 4.79 Å². The van der Waals surface area contributed by atoms with E-state index < -0.39 is 11.8 Å². The summed E-state index contributed by atoms with van der Waals surface area (Å²) in [6, 6.07) is 1.26. The van der Waals surface area contributed by atoms with Crippen LogP contribution in [0, 0.1) is 5.92 Å². The summed E-state index contributed by atoms with van der Waals surface area (Å²) in [6.45, 7) is 1.31. The lowest BCUT2D eigenvalue weighted by atomic mass is 10.0. The summed E-state index contributed by atoms with van der Waals surface area (Å²) >= 11 is 0. The second-order valence-corrected chi connectivity index (χ2v) is 4.24. The van der Waals surface area contributed by atoms with Crippen molar-refractivity contribution in [1.82, 2.24) is 4.98 Å². The fraction of sp³-hybridized carbons (Fsp3) is 0.455. The molecule has 2 rings (SSSR count). The van der Waals surface area contributed by atoms with Gasteiger partial charge < -0.3 is 11.1 Å². The average molecular weight is 241 g/mol. The van der Waals surface area contributed by atoms with E-state index in [1.165, 1.54) is 13.0 Å². The molecule has 6 heteroatoms. The minimum Gasteiger partial charge on any atom is -0.398 e. The lowest BCUT2D eigenvalue weighted by Gasteiger charge is -2.18. The molecule has 1 aliphatic rings. The minimum absolute atomic E-state index is 0.0411. The van der Waals surface area contributed by atoms with Gasteiger partial charge in [0.2, 0.25) is 5.91 Å². The zero-order valence-electron chi connectivity index (χ0n) is 9.34. The Morgan fingerprint density at radius 3 is 2.71 bits per heavy atom. The first-order valence-electron chi connectivity index (χ1n) is 5.32. The molecule has 0 radical (unpaired) electrons. The van der Waals surface area contributed by atoms with E-state index in [1.807, 2.05) is 0 Å². The van der Waals surface area contributed by atoms with E-state index >= 15 is 0 Å². The molecule has 1 heterocycles. The number of nitrogens with two attached hydrogens (primary N) is 1. The minimum atomic E-state index is -2.92. The van der Waals surface area contributed by atoms with Gasteiger partial charge in [0.15, 0.2) is 0 Å². The first kappa shape index (κ1) is 11.8. The molecule has 0 bridgehead atoms. The third-order valence-corrected chi connectivity index (χ3v) is 2.69. The van der Waals surface area contributed by atoms with Crippen molar-refractivity contribution in [3.05, 3.63) is 17.8 Å². The van der Waals surface area contributed by atoms with Gasteiger partial charge in [-0.05, 0) is 12.8 Å². The first-order chi connectivity index (χ1) is 7.91. The zero-order valence-corrected chi connectivity index (χ0v) is 9.34. The Morgan fingerprint density at radius 2 is 2.24 bits per heavy atom. The third-order valence-electron chi connectivity index (χ3n) is 2.69. The molecule has 1 saturated carbocycles. The number of rotatable bonds is 3. The van der Waals surface area contributed by atoms with Gasteiger partial charge in [-0.15, -0.1) is 0 Å². The fourth-order valence-electron chi connectivity index (χ4n) is 1.66. The summed E-state index contributed by atoms with van der Waals surface area (Å²) in [4.78, 5) is 14.5. The van der Waals surface area contributed by atoms with Crippen LogP contribution in [0.5, 0.6) is 0 Å². The van der Waals surface area contributed by atoms with E-state index in [0.717, 1.165) is 6.20 Å². The molecule has 0 saturated heterocycles. The monoisotopic (exact) mass is 241 g/mol. The maximum absolute atomic E-state index is 13.8. The van der Waals surface area contributed by atoms with E-state index in [2.05, 4.69) is 10.3 Å². The van der Waals surface area contributed by atoms with Crippen LogP contribution in [-0.2, 0) is 10.7 Å². The number of aromatic nitrogens is 1. The maximum atomic E-state index is 13.8. The molecule has 1 fully saturated rings. The molecule has 92 valence electrons. The lowest BCUT2D eigenvalue weighted by molar-refractivity contribution is -0.114. The van der Waals surface area contributed by atoms with E-state index in [1.54, 1.807) is 0 Å². The molecular formula is C11H13F2N3O. The second kappa shape index (κ2) is 3.94. The van der Waals surface area contributed by atoms with Crippen LogP contribution in [0.1, 0.15) is 25.3 Å². The number of carbonyl (C=O) groups excluding carboxylic acids is 1. The van der Waals surface area contributed by atoms with Crippen LogP contribution in [0.2, 0.25) is 0 Å². The largest absolute Gasteiger partial charge is 0.398 e. The summed E-state index contributed by atoms with van der Waals surface area (Å²) in [6.07, 6.45) is 2.07. The van der Waals surface area contributed by atoms with Crippen molar-refractivity contribution in [2.24, 2.45) is 5.92 Å². The van der Waals surface area contributed by atoms with Crippen molar-refractivity contribution in [2.45, 2.75) is 25.7 Å². The lowest BCUT2D eigenvalue weighted by Crippen LogP contribution is -2.19. The Morgan fingerprint density at radius 1 is 1.59 bits per heavy atom. The summed E-state index contributed by atoms with van der Waals surface area (Å²) < 4.78 is 27.6. The van der Waals surface area contributed by atoms with Crippen LogP contribution >= 0.6 is 0 Å². The van der Waals surface area contributed by atoms with Crippen molar-refractivity contribution < 1.29 is 13.6 Å². The van der Waals surface area contributed by atoms with E-state index in [4.69, 9.17) is 5.73 Å². The first-order valence-corrected chi connectivity index (χ1v) is 5.32. The number of anilines is 2. The molecule has 3 N–H and O–H groups in total. The average Bonchev–Trinajstić information content (AvgIpc) is 2.98. The Balaban J connectivity index is 2.28. The van der Waals surface area contributed by atoms with Crippen LogP contribution in [0.15, 0.2) is 12.3 Å². The number of nitrogen functional groups attached to an aromatic ring is 1. The third kappa shape index (κ3) is 2.35. The topological polar surface area (TPSA) is 68.0 Å². The van der Waals surface area contributed by atoms with Crippen LogP contribution in [-0.4, -0.2) is 10.9 Å². The Kier molecular flexibility index (Phi) is 2.73. The van der Waals surface area contributed by atoms with Gasteiger partial charge in [-0.25, -0.2) is 13.8 Å². The van der Waals surface area contributed by atoms with Crippen molar-refractivity contribution in [3.63, 3.8) is 0 Å². The number of halogens is 2. The standard InChI is InChI=1S/C11H13F2N3O/c1-6(17)16-10-4-9(14)8(5-15-10)11(12,13)7-2-3-7/h4-5,7H,2-3H2,1H3,(H3,14,15,16,17). The van der Waals surface area contributed by atoms with Crippen molar-refractivity contribution in [1.29, 1.82) is 0 Å². The highest BCUT2D eigenvalue weighted by Crippen LogP contribution is 2.50. The quantitative estimate of drug-likeness (QED) is 0.851. The predicted molar refractivity (Wildman–Crippen MR) is 59.6 cm³/mol. The van der Waals surface area contributed by atoms with Crippen LogP contribution in [0.3, 0.4) is 0 Å². The highest BCUT2D eigenvalue weighted by atomic mass is 19.3. The molecule has 1 aromatic heterocycles. The summed E-state index contributed by atoms with van der Waals surface area (Å²) in [5.41, 5.74) is 5.28. The molecular weight excluding hydrogens is 228 g/mol. The van der Waals surface area contributed by atoms with Gasteiger partial charge in [0.25, 0.3) is 5.92 Å². The normalized spacial score (nSPS) is 15.7. The van der Waals surface area contributed by atoms with Gasteiger partial charge in [0.05, 0.1) is 5.56 Å². The fourth-order valence-corrected chi connectivity index (χ4v) is 1.66. The van der Waals surface area contributed by atoms with Gasteiger partial charge in [0, 0.05) is 30.8 Å². The highest BCUT2D eigenvalue weighted by molar-refractivity contribution is 5.88. The molecule has 1 aromatic rings. The van der Waals surface area contributed by atoms with Gasteiger partial charge in [-0.1, -0.05) is 0 Å². The Bertz CT molecular complexity index is 458. The van der Waals surface area contributed by atoms with Crippen molar-refractivity contribution in [2.75, 3.05) is 11.1 Å². The van der Waals surface area contributed by atoms with Crippen LogP contribution in [0.25, 0.3) is 0 Å². The number of carbonyl (C=O) groups is 1. The molecule has 1 aliphatic carbocycles. The van der Waals surface area contributed by atoms with Crippen LogP contribution in [0.4, 0.5) is 20.3 Å². The molecule has 0 spiro atoms. The molecule has 17 heavy (non-hydrogen) atoms. The number of alkyl halides is 2. The molecule has 0 unspecified atom stereocenters. The second-order valence-electron chi connectivity index (χ2n) is 4.24. The number of amides is 1. The van der Waals surface area contributed by atoms with E-state index in [0.29, 0.717) is 12.8 Å². The van der Waals surface area contributed by atoms with Gasteiger partial charge in [-0.2, -0.15) is 0 Å².